The smallest absolute Gasteiger partial charge is 0.211 e. The fraction of sp³-hybridized carbons (Fsp3) is 0.471. The van der Waals surface area contributed by atoms with Crippen molar-refractivity contribution in [2.24, 2.45) is 0 Å². The molecule has 0 fully saturated rings. The van der Waals surface area contributed by atoms with Crippen molar-refractivity contribution in [2.45, 2.75) is 45.7 Å². The van der Waals surface area contributed by atoms with E-state index in [4.69, 9.17) is 9.15 Å². The van der Waals surface area contributed by atoms with Crippen LogP contribution in [0.5, 0.6) is 5.75 Å². The number of aromatic nitrogens is 1. The quantitative estimate of drug-likeness (QED) is 0.844. The average Bonchev–Trinajstić information content (AvgIpc) is 2.92. The number of aryl methyl sites for hydroxylation is 2. The molecule has 21 heavy (non-hydrogen) atoms. The van der Waals surface area contributed by atoms with Crippen molar-refractivity contribution in [3.05, 3.63) is 47.7 Å². The molecule has 2 rings (SSSR count). The number of benzene rings is 1. The van der Waals surface area contributed by atoms with Crippen LogP contribution in [-0.2, 0) is 6.42 Å². The van der Waals surface area contributed by atoms with Crippen molar-refractivity contribution in [3.63, 3.8) is 0 Å². The molecular weight excluding hydrogens is 264 g/mol. The largest absolute Gasteiger partial charge is 0.497 e. The third kappa shape index (κ3) is 4.60. The molecule has 0 aliphatic rings. The van der Waals surface area contributed by atoms with Crippen LogP contribution in [0.4, 0.5) is 0 Å². The van der Waals surface area contributed by atoms with Gasteiger partial charge in [0, 0.05) is 6.04 Å². The van der Waals surface area contributed by atoms with Crippen molar-refractivity contribution in [1.82, 2.24) is 10.3 Å². The maximum atomic E-state index is 5.55. The minimum absolute atomic E-state index is 0.129. The molecule has 1 heterocycles. The molecule has 2 atom stereocenters. The van der Waals surface area contributed by atoms with Gasteiger partial charge in [-0.3, -0.25) is 0 Å². The van der Waals surface area contributed by atoms with E-state index in [0.29, 0.717) is 6.04 Å². The lowest BCUT2D eigenvalue weighted by Gasteiger charge is -2.17. The first-order valence-electron chi connectivity index (χ1n) is 7.39. The first kappa shape index (κ1) is 15.6. The highest BCUT2D eigenvalue weighted by molar-refractivity contribution is 5.27. The highest BCUT2D eigenvalue weighted by Crippen LogP contribution is 2.16. The van der Waals surface area contributed by atoms with Crippen LogP contribution in [0.15, 0.2) is 34.9 Å². The molecular formula is C17H24N2O2. The molecule has 0 bridgehead atoms. The van der Waals surface area contributed by atoms with Crippen LogP contribution in [0.2, 0.25) is 0 Å². The summed E-state index contributed by atoms with van der Waals surface area (Å²) < 4.78 is 10.7. The Kier molecular flexibility index (Phi) is 5.39. The van der Waals surface area contributed by atoms with Gasteiger partial charge in [-0.15, -0.1) is 0 Å². The molecule has 0 saturated heterocycles. The summed E-state index contributed by atoms with van der Waals surface area (Å²) in [6.45, 7) is 6.18. The van der Waals surface area contributed by atoms with Crippen molar-refractivity contribution in [3.8, 4) is 5.75 Å². The molecule has 4 heteroatoms. The fourth-order valence-electron chi connectivity index (χ4n) is 2.33. The summed E-state index contributed by atoms with van der Waals surface area (Å²) in [4.78, 5) is 4.26. The van der Waals surface area contributed by atoms with Crippen molar-refractivity contribution in [1.29, 1.82) is 0 Å². The third-order valence-corrected chi connectivity index (χ3v) is 3.57. The number of hydrogen-bond donors (Lipinski definition) is 1. The average molecular weight is 288 g/mol. The van der Waals surface area contributed by atoms with Gasteiger partial charge < -0.3 is 14.5 Å². The zero-order valence-corrected chi connectivity index (χ0v) is 13.2. The van der Waals surface area contributed by atoms with E-state index in [1.807, 2.05) is 19.1 Å². The van der Waals surface area contributed by atoms with E-state index in [1.54, 1.807) is 13.3 Å². The van der Waals surface area contributed by atoms with E-state index in [0.717, 1.165) is 30.2 Å². The predicted molar refractivity (Wildman–Crippen MR) is 83.6 cm³/mol. The number of ether oxygens (including phenoxy) is 1. The van der Waals surface area contributed by atoms with Gasteiger partial charge in [0.05, 0.1) is 19.3 Å². The lowest BCUT2D eigenvalue weighted by atomic mass is 10.1. The van der Waals surface area contributed by atoms with E-state index in [1.165, 1.54) is 5.56 Å². The first-order chi connectivity index (χ1) is 10.1. The van der Waals surface area contributed by atoms with Gasteiger partial charge in [-0.25, -0.2) is 4.98 Å². The van der Waals surface area contributed by atoms with Crippen LogP contribution in [0.3, 0.4) is 0 Å². The molecule has 0 saturated carbocycles. The maximum Gasteiger partial charge on any atom is 0.211 e. The van der Waals surface area contributed by atoms with Crippen LogP contribution in [0, 0.1) is 6.92 Å². The van der Waals surface area contributed by atoms with Gasteiger partial charge in [0.2, 0.25) is 5.89 Å². The second-order valence-electron chi connectivity index (χ2n) is 5.49. The first-order valence-corrected chi connectivity index (χ1v) is 7.39. The van der Waals surface area contributed by atoms with Crippen molar-refractivity contribution in [2.75, 3.05) is 7.11 Å². The Bertz CT molecular complexity index is 548. The minimum atomic E-state index is 0.129. The lowest BCUT2D eigenvalue weighted by Crippen LogP contribution is -2.29. The summed E-state index contributed by atoms with van der Waals surface area (Å²) in [5.74, 6) is 2.51. The number of methoxy groups -OCH3 is 1. The molecule has 0 spiro atoms. The summed E-state index contributed by atoms with van der Waals surface area (Å²) in [5, 5.41) is 3.52. The Hall–Kier alpha value is -1.81. The highest BCUT2D eigenvalue weighted by atomic mass is 16.5. The van der Waals surface area contributed by atoms with Gasteiger partial charge in [0.15, 0.2) is 0 Å². The van der Waals surface area contributed by atoms with Crippen LogP contribution >= 0.6 is 0 Å². The minimum Gasteiger partial charge on any atom is -0.497 e. The summed E-state index contributed by atoms with van der Waals surface area (Å²) in [7, 11) is 1.69. The molecule has 4 nitrogen and oxygen atoms in total. The molecule has 1 aromatic heterocycles. The molecule has 0 aliphatic heterocycles. The van der Waals surface area contributed by atoms with E-state index < -0.39 is 0 Å². The number of rotatable bonds is 7. The van der Waals surface area contributed by atoms with Gasteiger partial charge in [-0.2, -0.15) is 0 Å². The maximum absolute atomic E-state index is 5.55. The molecule has 2 unspecified atom stereocenters. The second-order valence-corrected chi connectivity index (χ2v) is 5.49. The van der Waals surface area contributed by atoms with Gasteiger partial charge >= 0.3 is 0 Å². The van der Waals surface area contributed by atoms with Crippen LogP contribution in [0.25, 0.3) is 0 Å². The summed E-state index contributed by atoms with van der Waals surface area (Å²) >= 11 is 0. The van der Waals surface area contributed by atoms with Gasteiger partial charge in [-0.05, 0) is 51.3 Å². The Morgan fingerprint density at radius 1 is 1.24 bits per heavy atom. The molecule has 1 aromatic carbocycles. The van der Waals surface area contributed by atoms with Gasteiger partial charge in [-0.1, -0.05) is 12.1 Å². The molecule has 0 radical (unpaired) electrons. The van der Waals surface area contributed by atoms with Crippen molar-refractivity contribution >= 4 is 0 Å². The normalized spacial score (nSPS) is 13.9. The second kappa shape index (κ2) is 7.27. The third-order valence-electron chi connectivity index (χ3n) is 3.57. The Morgan fingerprint density at radius 2 is 1.95 bits per heavy atom. The van der Waals surface area contributed by atoms with Crippen LogP contribution < -0.4 is 10.1 Å². The zero-order valence-electron chi connectivity index (χ0n) is 13.2. The number of oxazole rings is 1. The van der Waals surface area contributed by atoms with E-state index in [-0.39, 0.29) is 6.04 Å². The Morgan fingerprint density at radius 3 is 2.52 bits per heavy atom. The summed E-state index contributed by atoms with van der Waals surface area (Å²) in [6.07, 6.45) is 3.86. The van der Waals surface area contributed by atoms with Crippen molar-refractivity contribution < 1.29 is 9.15 Å². The molecule has 2 aromatic rings. The summed E-state index contributed by atoms with van der Waals surface area (Å²) in [6, 6.07) is 8.77. The predicted octanol–water partition coefficient (Wildman–Crippen LogP) is 3.66. The van der Waals surface area contributed by atoms with E-state index in [2.05, 4.69) is 36.3 Å². The molecule has 114 valence electrons. The molecule has 1 N–H and O–H groups in total. The zero-order chi connectivity index (χ0) is 15.2. The van der Waals surface area contributed by atoms with Gasteiger partial charge in [0.25, 0.3) is 0 Å². The fourth-order valence-corrected chi connectivity index (χ4v) is 2.33. The monoisotopic (exact) mass is 288 g/mol. The van der Waals surface area contributed by atoms with Gasteiger partial charge in [0.1, 0.15) is 11.5 Å². The van der Waals surface area contributed by atoms with E-state index in [9.17, 15) is 0 Å². The molecule has 0 aliphatic carbocycles. The van der Waals surface area contributed by atoms with E-state index >= 15 is 0 Å². The number of nitrogens with one attached hydrogen (secondary N) is 1. The van der Waals surface area contributed by atoms with Crippen LogP contribution in [-0.4, -0.2) is 18.1 Å². The Labute approximate surface area is 126 Å². The number of nitrogens with zero attached hydrogens (tertiary/aromatic N) is 1. The molecule has 0 amide bonds. The van der Waals surface area contributed by atoms with Crippen LogP contribution in [0.1, 0.15) is 43.5 Å². The SMILES string of the molecule is COc1ccc(CCC(C)NC(C)c2ncc(C)o2)cc1. The standard InChI is InChI=1S/C17H24N2O2/c1-12(19-14(3)17-18-11-13(2)21-17)5-6-15-7-9-16(20-4)10-8-15/h7-12,14,19H,5-6H2,1-4H3. The Balaban J connectivity index is 1.79. The topological polar surface area (TPSA) is 47.3 Å². The lowest BCUT2D eigenvalue weighted by molar-refractivity contribution is 0.369. The highest BCUT2D eigenvalue weighted by Gasteiger charge is 2.13. The number of hydrogen-bond acceptors (Lipinski definition) is 4. The summed E-state index contributed by atoms with van der Waals surface area (Å²) in [5.41, 5.74) is 1.32.